The van der Waals surface area contributed by atoms with Crippen LogP contribution in [0.1, 0.15) is 0 Å². The fraction of sp³-hybridized carbons (Fsp3) is 0. The number of aromatic hydroxyl groups is 1. The van der Waals surface area contributed by atoms with Crippen molar-refractivity contribution in [3.8, 4) is 17.2 Å². The smallest absolute Gasteiger partial charge is 0.194 e. The first-order valence-electron chi connectivity index (χ1n) is 2.59. The summed E-state index contributed by atoms with van der Waals surface area (Å²) in [4.78, 5) is 0. The zero-order chi connectivity index (χ0) is 7.30. The lowest BCUT2D eigenvalue weighted by Gasteiger charge is -1.88. The molecule has 0 unspecified atom stereocenters. The van der Waals surface area contributed by atoms with E-state index in [2.05, 4.69) is 0 Å². The molecule has 0 saturated carbocycles. The van der Waals surface area contributed by atoms with E-state index in [1.807, 2.05) is 0 Å². The Kier molecular flexibility index (Phi) is 1.05. The predicted octanol–water partition coefficient (Wildman–Crippen LogP) is 2.80. The van der Waals surface area contributed by atoms with Gasteiger partial charge in [-0.1, -0.05) is 23.2 Å². The van der Waals surface area contributed by atoms with Crippen LogP contribution in [0.2, 0.25) is 10.0 Å². The lowest BCUT2D eigenvalue weighted by atomic mass is 10.3. The van der Waals surface area contributed by atoms with E-state index >= 15 is 0 Å². The van der Waals surface area contributed by atoms with Crippen LogP contribution in [0.4, 0.5) is 0 Å². The SMILES string of the molecule is Oc1cc(Cl)c2c(c1Cl)O2. The molecule has 0 saturated heterocycles. The molecule has 1 aliphatic rings. The molecule has 2 nitrogen and oxygen atoms in total. The van der Waals surface area contributed by atoms with Crippen LogP contribution in [0.5, 0.6) is 17.2 Å². The zero-order valence-corrected chi connectivity index (χ0v) is 6.20. The number of hydrogen-bond donors (Lipinski definition) is 1. The van der Waals surface area contributed by atoms with Gasteiger partial charge in [0.25, 0.3) is 0 Å². The third-order valence-corrected chi connectivity index (χ3v) is 1.92. The highest BCUT2D eigenvalue weighted by molar-refractivity contribution is 6.37. The van der Waals surface area contributed by atoms with E-state index in [1.165, 1.54) is 6.07 Å². The molecule has 1 aromatic rings. The predicted molar refractivity (Wildman–Crippen MR) is 38.2 cm³/mol. The van der Waals surface area contributed by atoms with Crippen molar-refractivity contribution >= 4 is 23.2 Å². The van der Waals surface area contributed by atoms with Crippen molar-refractivity contribution in [1.82, 2.24) is 0 Å². The van der Waals surface area contributed by atoms with Gasteiger partial charge in [-0.2, -0.15) is 0 Å². The van der Waals surface area contributed by atoms with Gasteiger partial charge in [0.2, 0.25) is 0 Å². The van der Waals surface area contributed by atoms with Crippen molar-refractivity contribution < 1.29 is 9.84 Å². The lowest BCUT2D eigenvalue weighted by Crippen LogP contribution is -1.60. The summed E-state index contributed by atoms with van der Waals surface area (Å²) in [7, 11) is 0. The van der Waals surface area contributed by atoms with Crippen molar-refractivity contribution in [2.75, 3.05) is 0 Å². The molecular formula is C6H2Cl2O2. The van der Waals surface area contributed by atoms with Gasteiger partial charge in [-0.15, -0.1) is 0 Å². The van der Waals surface area contributed by atoms with Gasteiger partial charge in [-0.25, -0.2) is 0 Å². The van der Waals surface area contributed by atoms with Crippen molar-refractivity contribution in [2.45, 2.75) is 0 Å². The van der Waals surface area contributed by atoms with Crippen LogP contribution in [-0.4, -0.2) is 5.11 Å². The third kappa shape index (κ3) is 0.662. The summed E-state index contributed by atoms with van der Waals surface area (Å²) < 4.78 is 4.86. The third-order valence-electron chi connectivity index (χ3n) is 1.27. The minimum atomic E-state index is -0.0390. The molecule has 1 N–H and O–H groups in total. The second kappa shape index (κ2) is 1.71. The number of fused-ring (bicyclic) bond motifs is 1. The molecule has 0 fully saturated rings. The van der Waals surface area contributed by atoms with Crippen LogP contribution in [0.3, 0.4) is 0 Å². The van der Waals surface area contributed by atoms with Crippen molar-refractivity contribution in [2.24, 2.45) is 0 Å². The van der Waals surface area contributed by atoms with Crippen LogP contribution < -0.4 is 4.74 Å². The second-order valence-electron chi connectivity index (χ2n) is 1.95. The Morgan fingerprint density at radius 2 is 2.00 bits per heavy atom. The largest absolute Gasteiger partial charge is 0.506 e. The topological polar surface area (TPSA) is 32.8 Å². The van der Waals surface area contributed by atoms with Crippen LogP contribution in [0, 0.1) is 0 Å². The molecule has 1 aromatic carbocycles. The Balaban J connectivity index is 2.71. The highest BCUT2D eigenvalue weighted by Gasteiger charge is 2.30. The molecule has 0 spiro atoms. The number of rotatable bonds is 0. The van der Waals surface area contributed by atoms with E-state index in [4.69, 9.17) is 33.0 Å². The average Bonchev–Trinajstić information content (AvgIpc) is 2.61. The Labute approximate surface area is 66.9 Å². The van der Waals surface area contributed by atoms with Crippen LogP contribution in [0.15, 0.2) is 6.07 Å². The average molecular weight is 177 g/mol. The standard InChI is InChI=1S/C6H2Cl2O2/c7-2-1-3(9)4(8)6-5(2)10-6/h1,9H. The summed E-state index contributed by atoms with van der Waals surface area (Å²) >= 11 is 11.2. The van der Waals surface area contributed by atoms with Gasteiger partial charge >= 0.3 is 0 Å². The Morgan fingerprint density at radius 1 is 1.30 bits per heavy atom. The molecule has 0 atom stereocenters. The first kappa shape index (κ1) is 6.13. The molecule has 2 rings (SSSR count). The minimum absolute atomic E-state index is 0.0390. The molecule has 10 heavy (non-hydrogen) atoms. The molecule has 0 bridgehead atoms. The van der Waals surface area contributed by atoms with E-state index in [0.29, 0.717) is 16.5 Å². The first-order chi connectivity index (χ1) is 4.70. The van der Waals surface area contributed by atoms with Gasteiger partial charge in [-0.05, 0) is 0 Å². The van der Waals surface area contributed by atoms with E-state index in [1.54, 1.807) is 0 Å². The van der Waals surface area contributed by atoms with Gasteiger partial charge in [-0.3, -0.25) is 0 Å². The van der Waals surface area contributed by atoms with Gasteiger partial charge in [0, 0.05) is 6.07 Å². The van der Waals surface area contributed by atoms with Crippen LogP contribution in [0.25, 0.3) is 0 Å². The second-order valence-corrected chi connectivity index (χ2v) is 2.74. The normalized spacial score (nSPS) is 12.2. The number of phenolic OH excluding ortho intramolecular Hbond substituents is 1. The van der Waals surface area contributed by atoms with Gasteiger partial charge in [0.15, 0.2) is 11.5 Å². The number of hydrogen-bond acceptors (Lipinski definition) is 2. The molecular weight excluding hydrogens is 175 g/mol. The molecule has 1 heterocycles. The summed E-state index contributed by atoms with van der Waals surface area (Å²) in [5, 5.41) is 9.65. The van der Waals surface area contributed by atoms with E-state index in [-0.39, 0.29) is 10.8 Å². The van der Waals surface area contributed by atoms with Crippen molar-refractivity contribution in [3.05, 3.63) is 16.1 Å². The monoisotopic (exact) mass is 176 g/mol. The van der Waals surface area contributed by atoms with Crippen molar-refractivity contribution in [3.63, 3.8) is 0 Å². The first-order valence-corrected chi connectivity index (χ1v) is 3.34. The highest BCUT2D eigenvalue weighted by atomic mass is 35.5. The maximum absolute atomic E-state index is 9.02. The molecule has 1 aliphatic heterocycles. The fourth-order valence-corrected chi connectivity index (χ4v) is 1.15. The quantitative estimate of drug-likeness (QED) is 0.627. The van der Waals surface area contributed by atoms with Crippen LogP contribution >= 0.6 is 23.2 Å². The summed E-state index contributed by atoms with van der Waals surface area (Å²) in [6.07, 6.45) is 0. The summed E-state index contributed by atoms with van der Waals surface area (Å²) in [5.41, 5.74) is 0. The molecule has 0 aliphatic carbocycles. The number of benzene rings is 1. The molecule has 4 heteroatoms. The van der Waals surface area contributed by atoms with Crippen LogP contribution in [-0.2, 0) is 0 Å². The van der Waals surface area contributed by atoms with E-state index in [9.17, 15) is 0 Å². The highest BCUT2D eigenvalue weighted by Crippen LogP contribution is 2.58. The summed E-state index contributed by atoms with van der Waals surface area (Å²) in [5.74, 6) is 1.03. The van der Waals surface area contributed by atoms with Gasteiger partial charge < -0.3 is 9.84 Å². The molecule has 52 valence electrons. The molecule has 0 aromatic heterocycles. The molecule has 0 radical (unpaired) electrons. The minimum Gasteiger partial charge on any atom is -0.506 e. The maximum atomic E-state index is 9.02. The number of halogens is 2. The Bertz CT molecular complexity index is 305. The van der Waals surface area contributed by atoms with Gasteiger partial charge in [0.05, 0.1) is 5.02 Å². The van der Waals surface area contributed by atoms with E-state index in [0.717, 1.165) is 0 Å². The number of phenols is 1. The fourth-order valence-electron chi connectivity index (χ4n) is 0.743. The molecule has 0 amide bonds. The zero-order valence-electron chi connectivity index (χ0n) is 4.69. The Hall–Kier alpha value is -0.600. The summed E-state index contributed by atoms with van der Waals surface area (Å²) in [6.45, 7) is 0. The maximum Gasteiger partial charge on any atom is 0.194 e. The number of ether oxygens (including phenoxy) is 1. The van der Waals surface area contributed by atoms with Gasteiger partial charge in [0.1, 0.15) is 10.8 Å². The Morgan fingerprint density at radius 3 is 2.70 bits per heavy atom. The summed E-state index contributed by atoms with van der Waals surface area (Å²) in [6, 6.07) is 1.36. The van der Waals surface area contributed by atoms with E-state index < -0.39 is 0 Å². The lowest BCUT2D eigenvalue weighted by molar-refractivity contribution is 0.475. The van der Waals surface area contributed by atoms with Crippen molar-refractivity contribution in [1.29, 1.82) is 0 Å².